The molecule has 3 N–H and O–H groups in total. The van der Waals surface area contributed by atoms with Gasteiger partial charge in [-0.3, -0.25) is 0 Å². The summed E-state index contributed by atoms with van der Waals surface area (Å²) in [4.78, 5) is 8.56. The van der Waals surface area contributed by atoms with Crippen molar-refractivity contribution >= 4 is 29.2 Å². The van der Waals surface area contributed by atoms with E-state index in [1.54, 1.807) is 0 Å². The highest BCUT2D eigenvalue weighted by Crippen LogP contribution is 2.26. The molecule has 0 spiro atoms. The number of benzene rings is 1. The van der Waals surface area contributed by atoms with Gasteiger partial charge in [-0.2, -0.15) is 0 Å². The van der Waals surface area contributed by atoms with Gasteiger partial charge in [-0.05, 0) is 30.9 Å². The molecule has 7 heteroatoms. The Hall–Kier alpha value is -1.50. The fraction of sp³-hybridized carbons (Fsp3) is 0.286. The summed E-state index contributed by atoms with van der Waals surface area (Å²) >= 11 is 7.65. The van der Waals surface area contributed by atoms with Crippen LogP contribution < -0.4 is 16.0 Å². The van der Waals surface area contributed by atoms with E-state index in [9.17, 15) is 0 Å². The van der Waals surface area contributed by atoms with Crippen LogP contribution in [0.1, 0.15) is 18.1 Å². The lowest BCUT2D eigenvalue weighted by Crippen LogP contribution is -2.13. The number of halogens is 1. The topological polar surface area (TPSA) is 73.1 Å². The summed E-state index contributed by atoms with van der Waals surface area (Å²) in [6.45, 7) is 2.61. The van der Waals surface area contributed by atoms with Gasteiger partial charge in [-0.25, -0.2) is 15.8 Å². The molecule has 0 unspecified atom stereocenters. The Labute approximate surface area is 133 Å². The summed E-state index contributed by atoms with van der Waals surface area (Å²) in [6, 6.07) is 7.84. The van der Waals surface area contributed by atoms with E-state index in [2.05, 4.69) is 15.4 Å². The van der Waals surface area contributed by atoms with E-state index in [-0.39, 0.29) is 0 Å². The van der Waals surface area contributed by atoms with Crippen molar-refractivity contribution < 1.29 is 4.74 Å². The lowest BCUT2D eigenvalue weighted by Gasteiger charge is -2.11. The van der Waals surface area contributed by atoms with Gasteiger partial charge in [0, 0.05) is 12.0 Å². The number of nitrogen functional groups attached to an aromatic ring is 1. The number of anilines is 1. The number of nitrogens with two attached hydrogens (primary N) is 1. The van der Waals surface area contributed by atoms with E-state index in [1.165, 1.54) is 11.8 Å². The first-order chi connectivity index (χ1) is 10.2. The molecule has 5 nitrogen and oxygen atoms in total. The number of rotatable bonds is 6. The average Bonchev–Trinajstić information content (AvgIpc) is 2.51. The Balaban J connectivity index is 2.26. The number of nitrogens with zero attached hydrogens (tertiary/aromatic N) is 2. The second-order valence-electron chi connectivity index (χ2n) is 4.23. The van der Waals surface area contributed by atoms with Crippen LogP contribution in [0.3, 0.4) is 0 Å². The molecule has 0 radical (unpaired) electrons. The Morgan fingerprint density at radius 2 is 2.00 bits per heavy atom. The molecular formula is C14H17ClN4OS. The van der Waals surface area contributed by atoms with E-state index in [4.69, 9.17) is 22.2 Å². The minimum atomic E-state index is 0.413. The molecule has 21 heavy (non-hydrogen) atoms. The van der Waals surface area contributed by atoms with Crippen molar-refractivity contribution in [2.45, 2.75) is 18.5 Å². The molecule has 0 fully saturated rings. The molecule has 2 aromatic rings. The summed E-state index contributed by atoms with van der Waals surface area (Å²) in [5.74, 6) is 6.93. The third-order valence-electron chi connectivity index (χ3n) is 2.87. The van der Waals surface area contributed by atoms with Crippen molar-refractivity contribution in [2.24, 2.45) is 5.84 Å². The highest BCUT2D eigenvalue weighted by Gasteiger charge is 2.13. The minimum Gasteiger partial charge on any atom is -0.494 e. The van der Waals surface area contributed by atoms with Crippen LogP contribution in [0, 0.1) is 0 Å². The largest absolute Gasteiger partial charge is 0.494 e. The van der Waals surface area contributed by atoms with Crippen LogP contribution in [0.2, 0.25) is 5.15 Å². The third kappa shape index (κ3) is 4.00. The lowest BCUT2D eigenvalue weighted by atomic mass is 10.1. The smallest absolute Gasteiger partial charge is 0.190 e. The van der Waals surface area contributed by atoms with Gasteiger partial charge < -0.3 is 10.2 Å². The molecule has 0 aliphatic rings. The maximum absolute atomic E-state index is 6.24. The quantitative estimate of drug-likeness (QED) is 0.280. The van der Waals surface area contributed by atoms with Crippen LogP contribution in [0.5, 0.6) is 5.75 Å². The predicted octanol–water partition coefficient (Wildman–Crippen LogP) is 3.13. The van der Waals surface area contributed by atoms with Crippen LogP contribution in [0.4, 0.5) is 5.82 Å². The van der Waals surface area contributed by atoms with Crippen molar-refractivity contribution in [1.82, 2.24) is 9.97 Å². The molecule has 0 amide bonds. The Kier molecular flexibility index (Phi) is 5.67. The van der Waals surface area contributed by atoms with Crippen molar-refractivity contribution in [1.29, 1.82) is 0 Å². The summed E-state index contributed by atoms with van der Waals surface area (Å²) in [6.07, 6.45) is 2.48. The van der Waals surface area contributed by atoms with Gasteiger partial charge in [-0.15, -0.1) is 0 Å². The number of hydrogen-bond acceptors (Lipinski definition) is 6. The number of aromatic nitrogens is 2. The molecular weight excluding hydrogens is 308 g/mol. The molecule has 112 valence electrons. The van der Waals surface area contributed by atoms with Crippen molar-refractivity contribution in [3.05, 3.63) is 40.5 Å². The van der Waals surface area contributed by atoms with Crippen molar-refractivity contribution in [3.63, 3.8) is 0 Å². The van der Waals surface area contributed by atoms with Crippen LogP contribution in [0.15, 0.2) is 29.4 Å². The summed E-state index contributed by atoms with van der Waals surface area (Å²) in [7, 11) is 0. The fourth-order valence-corrected chi connectivity index (χ4v) is 2.53. The zero-order valence-electron chi connectivity index (χ0n) is 11.9. The van der Waals surface area contributed by atoms with Crippen LogP contribution in [0.25, 0.3) is 0 Å². The summed E-state index contributed by atoms with van der Waals surface area (Å²) < 4.78 is 5.42. The van der Waals surface area contributed by atoms with E-state index < -0.39 is 0 Å². The molecule has 1 aromatic heterocycles. The number of nitrogens with one attached hydrogen (secondary N) is 1. The second kappa shape index (κ2) is 7.49. The van der Waals surface area contributed by atoms with Gasteiger partial charge in [-0.1, -0.05) is 35.5 Å². The molecule has 0 saturated carbocycles. The van der Waals surface area contributed by atoms with Gasteiger partial charge in [0.05, 0.1) is 6.61 Å². The number of hydrazine groups is 1. The standard InChI is InChI=1S/C14H17ClN4OS/c1-3-20-10-6-4-9(5-7-10)8-11-12(15)17-14(21-2)18-13(11)19-16/h4-7H,3,8,16H2,1-2H3,(H,17,18,19). The van der Waals surface area contributed by atoms with Crippen LogP contribution >= 0.6 is 23.4 Å². The summed E-state index contributed by atoms with van der Waals surface area (Å²) in [5.41, 5.74) is 4.45. The number of ether oxygens (including phenoxy) is 1. The van der Waals surface area contributed by atoms with Gasteiger partial charge in [0.25, 0.3) is 0 Å². The van der Waals surface area contributed by atoms with E-state index in [0.29, 0.717) is 29.2 Å². The first-order valence-corrected chi connectivity index (χ1v) is 8.07. The van der Waals surface area contributed by atoms with Crippen LogP contribution in [-0.2, 0) is 6.42 Å². The fourth-order valence-electron chi connectivity index (χ4n) is 1.88. The SMILES string of the molecule is CCOc1ccc(Cc2c(Cl)nc(SC)nc2NN)cc1. The first kappa shape index (κ1) is 15.9. The van der Waals surface area contributed by atoms with E-state index in [1.807, 2.05) is 37.4 Å². The highest BCUT2D eigenvalue weighted by atomic mass is 35.5. The van der Waals surface area contributed by atoms with Crippen molar-refractivity contribution in [3.8, 4) is 5.75 Å². The molecule has 2 rings (SSSR count). The Morgan fingerprint density at radius 1 is 1.29 bits per heavy atom. The highest BCUT2D eigenvalue weighted by molar-refractivity contribution is 7.98. The Bertz CT molecular complexity index is 607. The number of hydrogen-bond donors (Lipinski definition) is 2. The monoisotopic (exact) mass is 324 g/mol. The van der Waals surface area contributed by atoms with E-state index >= 15 is 0 Å². The number of thioether (sulfide) groups is 1. The predicted molar refractivity (Wildman–Crippen MR) is 87.1 cm³/mol. The zero-order chi connectivity index (χ0) is 15.2. The van der Waals surface area contributed by atoms with Gasteiger partial charge in [0.2, 0.25) is 0 Å². The molecule has 0 atom stereocenters. The molecule has 0 aliphatic heterocycles. The Morgan fingerprint density at radius 3 is 2.57 bits per heavy atom. The molecule has 0 bridgehead atoms. The van der Waals surface area contributed by atoms with Gasteiger partial charge in [0.15, 0.2) is 5.16 Å². The maximum atomic E-state index is 6.24. The lowest BCUT2D eigenvalue weighted by molar-refractivity contribution is 0.340. The molecule has 0 aliphatic carbocycles. The second-order valence-corrected chi connectivity index (χ2v) is 5.36. The maximum Gasteiger partial charge on any atom is 0.190 e. The van der Waals surface area contributed by atoms with E-state index in [0.717, 1.165) is 16.9 Å². The van der Waals surface area contributed by atoms with Gasteiger partial charge in [0.1, 0.15) is 16.7 Å². The third-order valence-corrected chi connectivity index (χ3v) is 3.73. The molecule has 1 heterocycles. The molecule has 1 aromatic carbocycles. The van der Waals surface area contributed by atoms with Crippen LogP contribution in [-0.4, -0.2) is 22.8 Å². The zero-order valence-corrected chi connectivity index (χ0v) is 13.5. The minimum absolute atomic E-state index is 0.413. The normalized spacial score (nSPS) is 10.5. The summed E-state index contributed by atoms with van der Waals surface area (Å²) in [5, 5.41) is 1.000. The van der Waals surface area contributed by atoms with Crippen molar-refractivity contribution in [2.75, 3.05) is 18.3 Å². The molecule has 0 saturated heterocycles. The van der Waals surface area contributed by atoms with Gasteiger partial charge >= 0.3 is 0 Å². The first-order valence-electron chi connectivity index (χ1n) is 6.46. The average molecular weight is 325 g/mol.